The summed E-state index contributed by atoms with van der Waals surface area (Å²) in [6.45, 7) is 1.66. The Labute approximate surface area is 149 Å². The summed E-state index contributed by atoms with van der Waals surface area (Å²) in [6.07, 6.45) is 7.39. The Kier molecular flexibility index (Phi) is 4.68. The number of amides is 1. The van der Waals surface area contributed by atoms with Gasteiger partial charge in [0.2, 0.25) is 0 Å². The van der Waals surface area contributed by atoms with Gasteiger partial charge in [-0.15, -0.1) is 0 Å². The quantitative estimate of drug-likeness (QED) is 0.916. The van der Waals surface area contributed by atoms with Crippen LogP contribution in [-0.2, 0) is 0 Å². The first-order chi connectivity index (χ1) is 12.3. The molecule has 1 aromatic heterocycles. The van der Waals surface area contributed by atoms with Crippen molar-refractivity contribution < 1.29 is 4.79 Å². The number of rotatable bonds is 4. The van der Waals surface area contributed by atoms with Gasteiger partial charge in [-0.1, -0.05) is 30.3 Å². The van der Waals surface area contributed by atoms with Crippen molar-refractivity contribution in [2.24, 2.45) is 0 Å². The summed E-state index contributed by atoms with van der Waals surface area (Å²) >= 11 is 0. The van der Waals surface area contributed by atoms with E-state index in [1.807, 2.05) is 17.0 Å². The van der Waals surface area contributed by atoms with Crippen LogP contribution in [0.2, 0.25) is 0 Å². The van der Waals surface area contributed by atoms with Crippen LogP contribution < -0.4 is 5.32 Å². The second-order valence-electron chi connectivity index (χ2n) is 7.18. The second-order valence-corrected chi connectivity index (χ2v) is 7.18. The summed E-state index contributed by atoms with van der Waals surface area (Å²) in [4.78, 5) is 19.2. The van der Waals surface area contributed by atoms with Crippen LogP contribution in [0.3, 0.4) is 0 Å². The molecular weight excluding hydrogens is 310 g/mol. The van der Waals surface area contributed by atoms with Gasteiger partial charge in [0, 0.05) is 25.3 Å². The van der Waals surface area contributed by atoms with E-state index in [0.717, 1.165) is 38.2 Å². The number of likely N-dealkylation sites (tertiary alicyclic amines) is 1. The summed E-state index contributed by atoms with van der Waals surface area (Å²) in [5.41, 5.74) is 2.09. The number of carbonyl (C=O) groups is 1. The third kappa shape index (κ3) is 4.01. The minimum Gasteiger partial charge on any atom is -0.367 e. The molecule has 25 heavy (non-hydrogen) atoms. The molecule has 4 nitrogen and oxygen atoms in total. The van der Waals surface area contributed by atoms with Crippen molar-refractivity contribution in [1.82, 2.24) is 9.88 Å². The molecule has 1 aromatic carbocycles. The maximum absolute atomic E-state index is 12.8. The van der Waals surface area contributed by atoms with Crippen LogP contribution in [0.15, 0.2) is 48.7 Å². The summed E-state index contributed by atoms with van der Waals surface area (Å²) in [6, 6.07) is 15.1. The number of aromatic nitrogens is 1. The molecular formula is C21H25N3O. The molecule has 2 aliphatic rings. The average molecular weight is 335 g/mol. The van der Waals surface area contributed by atoms with Crippen molar-refractivity contribution in [3.8, 4) is 0 Å². The van der Waals surface area contributed by atoms with Gasteiger partial charge in [-0.25, -0.2) is 4.98 Å². The molecule has 1 aliphatic carbocycles. The van der Waals surface area contributed by atoms with Crippen LogP contribution in [0, 0.1) is 0 Å². The van der Waals surface area contributed by atoms with E-state index in [2.05, 4.69) is 40.6 Å². The molecule has 1 N–H and O–H groups in total. The van der Waals surface area contributed by atoms with Crippen molar-refractivity contribution in [3.05, 3.63) is 59.8 Å². The fraction of sp³-hybridized carbons (Fsp3) is 0.429. The van der Waals surface area contributed by atoms with E-state index in [4.69, 9.17) is 0 Å². The Bertz CT molecular complexity index is 710. The molecule has 0 radical (unpaired) electrons. The van der Waals surface area contributed by atoms with E-state index in [9.17, 15) is 4.79 Å². The van der Waals surface area contributed by atoms with Gasteiger partial charge in [0.05, 0.1) is 5.56 Å². The van der Waals surface area contributed by atoms with Crippen molar-refractivity contribution in [1.29, 1.82) is 0 Å². The predicted molar refractivity (Wildman–Crippen MR) is 99.8 cm³/mol. The topological polar surface area (TPSA) is 45.2 Å². The van der Waals surface area contributed by atoms with Crippen molar-refractivity contribution >= 4 is 11.7 Å². The Morgan fingerprint density at radius 1 is 1.00 bits per heavy atom. The molecule has 1 saturated heterocycles. The van der Waals surface area contributed by atoms with Gasteiger partial charge in [-0.3, -0.25) is 4.79 Å². The van der Waals surface area contributed by atoms with Crippen LogP contribution in [0.5, 0.6) is 0 Å². The largest absolute Gasteiger partial charge is 0.367 e. The van der Waals surface area contributed by atoms with E-state index >= 15 is 0 Å². The van der Waals surface area contributed by atoms with Gasteiger partial charge in [0.15, 0.2) is 0 Å². The lowest BCUT2D eigenvalue weighted by Crippen LogP contribution is -2.32. The summed E-state index contributed by atoms with van der Waals surface area (Å²) in [5, 5.41) is 3.36. The lowest BCUT2D eigenvalue weighted by atomic mass is 9.92. The van der Waals surface area contributed by atoms with E-state index in [1.54, 1.807) is 6.20 Å². The molecule has 2 fully saturated rings. The fourth-order valence-electron chi connectivity index (χ4n) is 3.58. The van der Waals surface area contributed by atoms with Crippen LogP contribution in [-0.4, -0.2) is 34.9 Å². The lowest BCUT2D eigenvalue weighted by molar-refractivity contribution is 0.0760. The standard InChI is InChI=1S/C21H25N3O/c25-21(18-8-11-20(22-15-18)23-19-9-10-19)24-13-4-7-17(12-14-24)16-5-2-1-3-6-16/h1-3,5-6,8,11,15,17,19H,4,7,9-10,12-14H2,(H,22,23). The highest BCUT2D eigenvalue weighted by molar-refractivity contribution is 5.94. The van der Waals surface area contributed by atoms with Gasteiger partial charge < -0.3 is 10.2 Å². The molecule has 2 aromatic rings. The van der Waals surface area contributed by atoms with E-state index < -0.39 is 0 Å². The Morgan fingerprint density at radius 3 is 2.56 bits per heavy atom. The number of hydrogen-bond donors (Lipinski definition) is 1. The normalized spacial score (nSPS) is 20.8. The lowest BCUT2D eigenvalue weighted by Gasteiger charge is -2.21. The van der Waals surface area contributed by atoms with Crippen LogP contribution in [0.1, 0.15) is 53.9 Å². The summed E-state index contributed by atoms with van der Waals surface area (Å²) in [7, 11) is 0. The molecule has 1 unspecified atom stereocenters. The van der Waals surface area contributed by atoms with Crippen molar-refractivity contribution in [2.75, 3.05) is 18.4 Å². The SMILES string of the molecule is O=C(c1ccc(NC2CC2)nc1)N1CCCC(c2ccccc2)CC1. The molecule has 2 heterocycles. The Morgan fingerprint density at radius 2 is 1.84 bits per heavy atom. The first-order valence-electron chi connectivity index (χ1n) is 9.36. The highest BCUT2D eigenvalue weighted by Crippen LogP contribution is 2.28. The molecule has 4 rings (SSSR count). The third-order valence-corrected chi connectivity index (χ3v) is 5.23. The minimum absolute atomic E-state index is 0.110. The Balaban J connectivity index is 1.38. The fourth-order valence-corrected chi connectivity index (χ4v) is 3.58. The van der Waals surface area contributed by atoms with Crippen LogP contribution >= 0.6 is 0 Å². The Hall–Kier alpha value is -2.36. The van der Waals surface area contributed by atoms with E-state index in [1.165, 1.54) is 18.4 Å². The van der Waals surface area contributed by atoms with Crippen molar-refractivity contribution in [2.45, 2.75) is 44.1 Å². The summed E-state index contributed by atoms with van der Waals surface area (Å²) in [5.74, 6) is 1.54. The zero-order valence-corrected chi connectivity index (χ0v) is 14.5. The number of carbonyl (C=O) groups excluding carboxylic acids is 1. The number of pyridine rings is 1. The molecule has 1 aliphatic heterocycles. The highest BCUT2D eigenvalue weighted by Gasteiger charge is 2.23. The smallest absolute Gasteiger partial charge is 0.255 e. The van der Waals surface area contributed by atoms with Crippen molar-refractivity contribution in [3.63, 3.8) is 0 Å². The highest BCUT2D eigenvalue weighted by atomic mass is 16.2. The number of nitrogens with one attached hydrogen (secondary N) is 1. The molecule has 1 amide bonds. The maximum atomic E-state index is 12.8. The van der Waals surface area contributed by atoms with E-state index in [0.29, 0.717) is 17.5 Å². The zero-order valence-electron chi connectivity index (χ0n) is 14.5. The number of benzene rings is 1. The molecule has 130 valence electrons. The number of anilines is 1. The van der Waals surface area contributed by atoms with E-state index in [-0.39, 0.29) is 5.91 Å². The molecule has 0 bridgehead atoms. The molecule has 1 saturated carbocycles. The average Bonchev–Trinajstić information content (AvgIpc) is 3.49. The molecule has 4 heteroatoms. The third-order valence-electron chi connectivity index (χ3n) is 5.23. The van der Waals surface area contributed by atoms with Crippen LogP contribution in [0.4, 0.5) is 5.82 Å². The van der Waals surface area contributed by atoms with Gasteiger partial charge >= 0.3 is 0 Å². The molecule has 1 atom stereocenters. The minimum atomic E-state index is 0.110. The molecule has 0 spiro atoms. The number of hydrogen-bond acceptors (Lipinski definition) is 3. The van der Waals surface area contributed by atoms with Crippen LogP contribution in [0.25, 0.3) is 0 Å². The van der Waals surface area contributed by atoms with Gasteiger partial charge in [-0.2, -0.15) is 0 Å². The van der Waals surface area contributed by atoms with Gasteiger partial charge in [0.25, 0.3) is 5.91 Å². The zero-order chi connectivity index (χ0) is 17.1. The number of nitrogens with zero attached hydrogens (tertiary/aromatic N) is 2. The second kappa shape index (κ2) is 7.26. The summed E-state index contributed by atoms with van der Waals surface area (Å²) < 4.78 is 0. The maximum Gasteiger partial charge on any atom is 0.255 e. The first kappa shape index (κ1) is 16.1. The first-order valence-corrected chi connectivity index (χ1v) is 9.36. The van der Waals surface area contributed by atoms with Gasteiger partial charge in [0.1, 0.15) is 5.82 Å². The monoisotopic (exact) mass is 335 g/mol. The predicted octanol–water partition coefficient (Wildman–Crippen LogP) is 4.07. The van der Waals surface area contributed by atoms with Gasteiger partial charge in [-0.05, 0) is 55.7 Å².